The van der Waals surface area contributed by atoms with E-state index in [-0.39, 0.29) is 38.6 Å². The Morgan fingerprint density at radius 1 is 1.19 bits per heavy atom. The molecule has 11 heteroatoms. The van der Waals surface area contributed by atoms with Crippen molar-refractivity contribution in [2.45, 2.75) is 25.7 Å². The summed E-state index contributed by atoms with van der Waals surface area (Å²) in [6.07, 6.45) is 2.28. The van der Waals surface area contributed by atoms with Crippen molar-refractivity contribution < 1.29 is 33.6 Å². The van der Waals surface area contributed by atoms with Gasteiger partial charge in [-0.15, -0.1) is 12.4 Å². The molecule has 0 spiro atoms. The van der Waals surface area contributed by atoms with Crippen LogP contribution in [0.4, 0.5) is 0 Å². The Morgan fingerprint density at radius 2 is 1.78 bits per heavy atom. The zero-order chi connectivity index (χ0) is 19.4. The van der Waals surface area contributed by atoms with Crippen LogP contribution in [0.15, 0.2) is 12.5 Å². The number of ether oxygens (including phenoxy) is 4. The number of carbonyl (C=O) groups is 2. The Morgan fingerprint density at radius 3 is 2.19 bits per heavy atom. The first-order valence-corrected chi connectivity index (χ1v) is 8.17. The lowest BCUT2D eigenvalue weighted by Gasteiger charge is -2.31. The molecule has 1 unspecified atom stereocenters. The molecule has 0 aliphatic heterocycles. The average molecular weight is 410 g/mol. The van der Waals surface area contributed by atoms with Gasteiger partial charge >= 0.3 is 5.97 Å². The molecule has 0 radical (unpaired) electrons. The second-order valence-corrected chi connectivity index (χ2v) is 5.46. The maximum Gasteiger partial charge on any atom is 0.326 e. The Kier molecular flexibility index (Phi) is 13.4. The molecule has 27 heavy (non-hydrogen) atoms. The Labute approximate surface area is 164 Å². The number of aromatic nitrogens is 2. The highest BCUT2D eigenvalue weighted by molar-refractivity contribution is 5.85. The first-order valence-electron chi connectivity index (χ1n) is 8.17. The molecule has 0 aromatic carbocycles. The van der Waals surface area contributed by atoms with Crippen molar-refractivity contribution in [2.24, 2.45) is 0 Å². The molecule has 0 aliphatic carbocycles. The third kappa shape index (κ3) is 9.68. The van der Waals surface area contributed by atoms with Crippen LogP contribution in [0.5, 0.6) is 0 Å². The number of halogens is 1. The predicted octanol–water partition coefficient (Wildman–Crippen LogP) is 0.328. The number of aromatic amines is 1. The van der Waals surface area contributed by atoms with Gasteiger partial charge in [0.2, 0.25) is 5.91 Å². The van der Waals surface area contributed by atoms with Gasteiger partial charge in [-0.2, -0.15) is 0 Å². The third-order valence-electron chi connectivity index (χ3n) is 3.56. The average Bonchev–Trinajstić information content (AvgIpc) is 3.10. The molecule has 10 nitrogen and oxygen atoms in total. The van der Waals surface area contributed by atoms with Crippen LogP contribution in [-0.4, -0.2) is 91.4 Å². The number of nitrogens with zero attached hydrogens (tertiary/aromatic N) is 2. The Bertz CT molecular complexity index is 520. The molecule has 0 saturated carbocycles. The minimum Gasteiger partial charge on any atom is -0.480 e. The van der Waals surface area contributed by atoms with E-state index in [1.807, 2.05) is 0 Å². The highest BCUT2D eigenvalue weighted by Gasteiger charge is 2.31. The van der Waals surface area contributed by atoms with E-state index in [1.54, 1.807) is 0 Å². The van der Waals surface area contributed by atoms with Crippen molar-refractivity contribution in [3.63, 3.8) is 0 Å². The van der Waals surface area contributed by atoms with Gasteiger partial charge in [0.1, 0.15) is 6.04 Å². The molecule has 0 saturated heterocycles. The zero-order valence-electron chi connectivity index (χ0n) is 15.8. The van der Waals surface area contributed by atoms with Crippen molar-refractivity contribution in [3.8, 4) is 0 Å². The number of nitrogens with one attached hydrogen (secondary N) is 1. The molecular weight excluding hydrogens is 382 g/mol. The number of carboxylic acid groups (broad SMARTS) is 1. The number of amides is 1. The van der Waals surface area contributed by atoms with Gasteiger partial charge in [0.05, 0.1) is 39.3 Å². The second-order valence-electron chi connectivity index (χ2n) is 5.46. The van der Waals surface area contributed by atoms with E-state index < -0.39 is 24.2 Å². The maximum atomic E-state index is 12.1. The summed E-state index contributed by atoms with van der Waals surface area (Å²) < 4.78 is 21.0. The normalized spacial score (nSPS) is 11.9. The fraction of sp³-hybridized carbons (Fsp3) is 0.688. The molecule has 0 fully saturated rings. The number of rotatable bonds is 14. The van der Waals surface area contributed by atoms with Crippen molar-refractivity contribution in [1.29, 1.82) is 0 Å². The fourth-order valence-electron chi connectivity index (χ4n) is 2.25. The van der Waals surface area contributed by atoms with E-state index in [2.05, 4.69) is 9.97 Å². The van der Waals surface area contributed by atoms with Crippen LogP contribution in [0.2, 0.25) is 0 Å². The molecule has 1 atom stereocenters. The molecule has 1 amide bonds. The lowest BCUT2D eigenvalue weighted by Crippen LogP contribution is -2.50. The monoisotopic (exact) mass is 409 g/mol. The van der Waals surface area contributed by atoms with E-state index >= 15 is 0 Å². The summed E-state index contributed by atoms with van der Waals surface area (Å²) in [6, 6.07) is -1.08. The summed E-state index contributed by atoms with van der Waals surface area (Å²) in [5, 5.41) is 9.58. The molecule has 1 heterocycles. The van der Waals surface area contributed by atoms with Crippen LogP contribution in [0.1, 0.15) is 12.6 Å². The van der Waals surface area contributed by atoms with Crippen LogP contribution < -0.4 is 0 Å². The topological polar surface area (TPSA) is 123 Å². The molecule has 1 aromatic heterocycles. The second kappa shape index (κ2) is 14.4. The van der Waals surface area contributed by atoms with Crippen LogP contribution in [0.25, 0.3) is 0 Å². The number of hydrogen-bond donors (Lipinski definition) is 2. The molecule has 0 bridgehead atoms. The summed E-state index contributed by atoms with van der Waals surface area (Å²) >= 11 is 0. The van der Waals surface area contributed by atoms with Crippen LogP contribution in [0.3, 0.4) is 0 Å². The van der Waals surface area contributed by atoms with Gasteiger partial charge < -0.3 is 33.9 Å². The number of H-pyrrole nitrogens is 1. The third-order valence-corrected chi connectivity index (χ3v) is 3.56. The van der Waals surface area contributed by atoms with Crippen LogP contribution >= 0.6 is 12.4 Å². The van der Waals surface area contributed by atoms with Gasteiger partial charge in [-0.1, -0.05) is 0 Å². The van der Waals surface area contributed by atoms with Crippen LogP contribution in [-0.2, 0) is 35.0 Å². The van der Waals surface area contributed by atoms with Crippen molar-refractivity contribution in [1.82, 2.24) is 14.9 Å². The Balaban J connectivity index is 0.00000676. The van der Waals surface area contributed by atoms with Gasteiger partial charge in [0.25, 0.3) is 0 Å². The number of hydrogen-bond acceptors (Lipinski definition) is 7. The van der Waals surface area contributed by atoms with E-state index in [1.165, 1.54) is 38.6 Å². The lowest BCUT2D eigenvalue weighted by molar-refractivity contribution is -0.176. The van der Waals surface area contributed by atoms with Crippen molar-refractivity contribution in [2.75, 3.05) is 47.2 Å². The molecule has 0 aliphatic rings. The first-order chi connectivity index (χ1) is 12.5. The van der Waals surface area contributed by atoms with Gasteiger partial charge in [-0.05, 0) is 0 Å². The summed E-state index contributed by atoms with van der Waals surface area (Å²) in [6.45, 7) is 2.47. The van der Waals surface area contributed by atoms with Gasteiger partial charge in [0.15, 0.2) is 6.29 Å². The minimum atomic E-state index is -1.12. The van der Waals surface area contributed by atoms with Gasteiger partial charge in [-0.25, -0.2) is 9.78 Å². The smallest absolute Gasteiger partial charge is 0.326 e. The highest BCUT2D eigenvalue weighted by Crippen LogP contribution is 2.11. The number of methoxy groups -OCH3 is 2. The highest BCUT2D eigenvalue weighted by atomic mass is 35.5. The number of imidazole rings is 1. The quantitative estimate of drug-likeness (QED) is 0.333. The summed E-state index contributed by atoms with van der Waals surface area (Å²) in [4.78, 5) is 31.7. The molecule has 2 N–H and O–H groups in total. The first kappa shape index (κ1) is 25.3. The van der Waals surface area contributed by atoms with Crippen molar-refractivity contribution in [3.05, 3.63) is 18.2 Å². The predicted molar refractivity (Wildman–Crippen MR) is 97.8 cm³/mol. The fourth-order valence-corrected chi connectivity index (χ4v) is 2.25. The zero-order valence-corrected chi connectivity index (χ0v) is 16.6. The molecule has 1 aromatic rings. The number of carboxylic acids is 1. The van der Waals surface area contributed by atoms with Crippen molar-refractivity contribution >= 4 is 24.3 Å². The van der Waals surface area contributed by atoms with E-state index in [4.69, 9.17) is 18.9 Å². The van der Waals surface area contributed by atoms with E-state index in [0.29, 0.717) is 18.9 Å². The summed E-state index contributed by atoms with van der Waals surface area (Å²) in [7, 11) is 3.08. The van der Waals surface area contributed by atoms with Gasteiger partial charge in [-0.3, -0.25) is 4.79 Å². The largest absolute Gasteiger partial charge is 0.480 e. The Hall–Kier alpha value is -1.72. The SMILES string of the molecule is COCCOC(CN(C(C)=O)C(Cc1cnc[nH]1)C(=O)O)OCCOC.Cl. The number of aliphatic carboxylic acids is 1. The summed E-state index contributed by atoms with van der Waals surface area (Å²) in [5.41, 5.74) is 0.612. The lowest BCUT2D eigenvalue weighted by atomic mass is 10.1. The van der Waals surface area contributed by atoms with Crippen LogP contribution in [0, 0.1) is 0 Å². The van der Waals surface area contributed by atoms with E-state index in [0.717, 1.165) is 0 Å². The standard InChI is InChI=1S/C16H27N3O7.ClH/c1-12(20)19(14(16(21)22)8-13-9-17-11-18-13)10-15(25-6-4-23-2)26-7-5-24-3;/h9,11,14-15H,4-8,10H2,1-3H3,(H,17,18)(H,21,22);1H. The number of carbonyl (C=O) groups excluding carboxylic acids is 1. The molecule has 156 valence electrons. The molecular formula is C16H28ClN3O7. The minimum absolute atomic E-state index is 0. The molecule has 1 rings (SSSR count). The summed E-state index contributed by atoms with van der Waals surface area (Å²) in [5.74, 6) is -1.52. The maximum absolute atomic E-state index is 12.1. The van der Waals surface area contributed by atoms with Gasteiger partial charge in [0, 0.05) is 39.5 Å². The van der Waals surface area contributed by atoms with E-state index in [9.17, 15) is 14.7 Å².